The first-order valence-electron chi connectivity index (χ1n) is 12.7. The lowest BCUT2D eigenvalue weighted by Gasteiger charge is -2.37. The van der Waals surface area contributed by atoms with Gasteiger partial charge in [-0.3, -0.25) is 4.79 Å². The number of hydrogen-bond donors (Lipinski definition) is 0. The number of rotatable bonds is 8. The van der Waals surface area contributed by atoms with Crippen molar-refractivity contribution in [2.75, 3.05) is 37.6 Å². The van der Waals surface area contributed by atoms with Gasteiger partial charge < -0.3 is 14.7 Å². The molecule has 36 heavy (non-hydrogen) atoms. The van der Waals surface area contributed by atoms with Crippen LogP contribution in [-0.2, 0) is 6.54 Å². The molecule has 1 aliphatic rings. The van der Waals surface area contributed by atoms with Gasteiger partial charge in [-0.2, -0.15) is 5.10 Å². The van der Waals surface area contributed by atoms with E-state index in [1.165, 1.54) is 12.1 Å². The van der Waals surface area contributed by atoms with Gasteiger partial charge in [0.15, 0.2) is 0 Å². The molecular weight excluding hydrogens is 521 g/mol. The predicted molar refractivity (Wildman–Crippen MR) is 146 cm³/mol. The molecule has 2 heterocycles. The zero-order chi connectivity index (χ0) is 25.8. The molecule has 4 rings (SSSR count). The molecular formula is C28H35BrFN5O. The van der Waals surface area contributed by atoms with Gasteiger partial charge >= 0.3 is 0 Å². The van der Waals surface area contributed by atoms with Gasteiger partial charge in [0.25, 0.3) is 5.91 Å². The molecule has 0 bridgehead atoms. The number of aromatic nitrogens is 2. The van der Waals surface area contributed by atoms with Gasteiger partial charge in [0.2, 0.25) is 0 Å². The van der Waals surface area contributed by atoms with Gasteiger partial charge in [0, 0.05) is 42.3 Å². The average molecular weight is 557 g/mol. The topological polar surface area (TPSA) is 44.6 Å². The lowest BCUT2D eigenvalue weighted by atomic mass is 10.1. The fraction of sp³-hybridized carbons (Fsp3) is 0.429. The first kappa shape index (κ1) is 26.4. The minimum atomic E-state index is -0.297. The van der Waals surface area contributed by atoms with E-state index in [-0.39, 0.29) is 17.8 Å². The van der Waals surface area contributed by atoms with Crippen LogP contribution in [0.25, 0.3) is 5.69 Å². The molecule has 1 unspecified atom stereocenters. The zero-order valence-corrected chi connectivity index (χ0v) is 23.1. The van der Waals surface area contributed by atoms with E-state index in [0.717, 1.165) is 60.7 Å². The van der Waals surface area contributed by atoms with Crippen molar-refractivity contribution in [1.29, 1.82) is 0 Å². The van der Waals surface area contributed by atoms with Crippen molar-refractivity contribution in [1.82, 2.24) is 19.6 Å². The summed E-state index contributed by atoms with van der Waals surface area (Å²) in [7, 11) is 0. The van der Waals surface area contributed by atoms with Crippen LogP contribution in [0.1, 0.15) is 48.8 Å². The average Bonchev–Trinajstić information content (AvgIpc) is 3.22. The summed E-state index contributed by atoms with van der Waals surface area (Å²) < 4.78 is 16.8. The summed E-state index contributed by atoms with van der Waals surface area (Å²) in [5.41, 5.74) is 3.18. The Balaban J connectivity index is 1.78. The minimum absolute atomic E-state index is 0.0171. The molecule has 3 aromatic rings. The molecule has 0 spiro atoms. The standard InChI is InChI=1S/C28H35BrFN5O/c1-5-20(3)34(28(36)24-12-7-8-13-26(24)29)19-25-21(4)31-35(23-11-9-10-22(30)18-23)27(25)33-16-14-32(6-2)15-17-33/h7-13,18,20H,5-6,14-17,19H2,1-4H3. The van der Waals surface area contributed by atoms with Crippen LogP contribution in [-0.4, -0.2) is 64.3 Å². The summed E-state index contributed by atoms with van der Waals surface area (Å²) in [6.45, 7) is 13.4. The van der Waals surface area contributed by atoms with Crippen LogP contribution in [0.2, 0.25) is 0 Å². The maximum absolute atomic E-state index is 14.2. The van der Waals surface area contributed by atoms with E-state index in [4.69, 9.17) is 5.10 Å². The van der Waals surface area contributed by atoms with Crippen LogP contribution in [0.3, 0.4) is 0 Å². The fourth-order valence-electron chi connectivity index (χ4n) is 4.73. The number of hydrogen-bond acceptors (Lipinski definition) is 4. The molecule has 0 aliphatic carbocycles. The number of carbonyl (C=O) groups is 1. The number of piperazine rings is 1. The highest BCUT2D eigenvalue weighted by Gasteiger charge is 2.30. The number of nitrogens with zero attached hydrogens (tertiary/aromatic N) is 5. The second kappa shape index (κ2) is 11.6. The molecule has 0 saturated carbocycles. The number of carbonyl (C=O) groups excluding carboxylic acids is 1. The summed E-state index contributed by atoms with van der Waals surface area (Å²) in [6, 6.07) is 14.1. The van der Waals surface area contributed by atoms with Crippen molar-refractivity contribution in [3.8, 4) is 5.69 Å². The highest BCUT2D eigenvalue weighted by Crippen LogP contribution is 2.31. The Morgan fingerprint density at radius 2 is 1.83 bits per heavy atom. The monoisotopic (exact) mass is 555 g/mol. The molecule has 0 radical (unpaired) electrons. The number of amides is 1. The van der Waals surface area contributed by atoms with Crippen molar-refractivity contribution in [2.45, 2.75) is 46.7 Å². The zero-order valence-electron chi connectivity index (χ0n) is 21.5. The fourth-order valence-corrected chi connectivity index (χ4v) is 5.18. The number of likely N-dealkylation sites (N-methyl/N-ethyl adjacent to an activating group) is 1. The molecule has 1 amide bonds. The third kappa shape index (κ3) is 5.49. The highest BCUT2D eigenvalue weighted by atomic mass is 79.9. The quantitative estimate of drug-likeness (QED) is 0.359. The molecule has 0 N–H and O–H groups in total. The van der Waals surface area contributed by atoms with E-state index in [2.05, 4.69) is 46.5 Å². The Morgan fingerprint density at radius 3 is 2.47 bits per heavy atom. The van der Waals surface area contributed by atoms with Gasteiger partial charge in [-0.1, -0.05) is 32.0 Å². The molecule has 1 atom stereocenters. The van der Waals surface area contributed by atoms with Crippen molar-refractivity contribution in [3.63, 3.8) is 0 Å². The third-order valence-corrected chi connectivity index (χ3v) is 7.84. The molecule has 1 fully saturated rings. The highest BCUT2D eigenvalue weighted by molar-refractivity contribution is 9.10. The molecule has 1 saturated heterocycles. The summed E-state index contributed by atoms with van der Waals surface area (Å²) in [5, 5.41) is 4.87. The Kier molecular flexibility index (Phi) is 8.46. The van der Waals surface area contributed by atoms with Crippen molar-refractivity contribution < 1.29 is 9.18 Å². The lowest BCUT2D eigenvalue weighted by molar-refractivity contribution is 0.0670. The number of halogens is 2. The first-order chi connectivity index (χ1) is 17.3. The van der Waals surface area contributed by atoms with Crippen LogP contribution in [0.4, 0.5) is 10.2 Å². The Labute approximate surface area is 221 Å². The van der Waals surface area contributed by atoms with E-state index in [9.17, 15) is 9.18 Å². The summed E-state index contributed by atoms with van der Waals surface area (Å²) in [4.78, 5) is 20.5. The number of benzene rings is 2. The van der Waals surface area contributed by atoms with Crippen LogP contribution in [0.5, 0.6) is 0 Å². The second-order valence-corrected chi connectivity index (χ2v) is 10.2. The first-order valence-corrected chi connectivity index (χ1v) is 13.5. The Bertz CT molecular complexity index is 1200. The minimum Gasteiger partial charge on any atom is -0.354 e. The van der Waals surface area contributed by atoms with Crippen molar-refractivity contribution in [2.24, 2.45) is 0 Å². The smallest absolute Gasteiger partial charge is 0.255 e. The number of anilines is 1. The molecule has 1 aromatic heterocycles. The van der Waals surface area contributed by atoms with E-state index < -0.39 is 0 Å². The summed E-state index contributed by atoms with van der Waals surface area (Å²) in [6.07, 6.45) is 0.831. The molecule has 6 nitrogen and oxygen atoms in total. The molecule has 192 valence electrons. The van der Waals surface area contributed by atoms with E-state index >= 15 is 0 Å². The maximum atomic E-state index is 14.2. The second-order valence-electron chi connectivity index (χ2n) is 9.37. The van der Waals surface area contributed by atoms with Crippen molar-refractivity contribution >= 4 is 27.7 Å². The van der Waals surface area contributed by atoms with E-state index in [0.29, 0.717) is 17.8 Å². The summed E-state index contributed by atoms with van der Waals surface area (Å²) >= 11 is 3.55. The predicted octanol–water partition coefficient (Wildman–Crippen LogP) is 5.67. The van der Waals surface area contributed by atoms with Crippen LogP contribution in [0.15, 0.2) is 53.0 Å². The largest absolute Gasteiger partial charge is 0.354 e. The third-order valence-electron chi connectivity index (χ3n) is 7.15. The van der Waals surface area contributed by atoms with Crippen molar-refractivity contribution in [3.05, 3.63) is 75.6 Å². The van der Waals surface area contributed by atoms with Gasteiger partial charge in [-0.05, 0) is 73.1 Å². The van der Waals surface area contributed by atoms with Gasteiger partial charge in [-0.25, -0.2) is 9.07 Å². The Morgan fingerprint density at radius 1 is 1.11 bits per heavy atom. The lowest BCUT2D eigenvalue weighted by Crippen LogP contribution is -2.47. The molecule has 1 aliphatic heterocycles. The molecule has 8 heteroatoms. The SMILES string of the molecule is CCC(C)N(Cc1c(C)nn(-c2cccc(F)c2)c1N1CCN(CC)CC1)C(=O)c1ccccc1Br. The van der Waals surface area contributed by atoms with E-state index in [1.807, 2.05) is 46.8 Å². The Hall–Kier alpha value is -2.71. The summed E-state index contributed by atoms with van der Waals surface area (Å²) in [5.74, 6) is 0.632. The van der Waals surface area contributed by atoms with E-state index in [1.54, 1.807) is 6.07 Å². The van der Waals surface area contributed by atoms with Crippen LogP contribution >= 0.6 is 15.9 Å². The van der Waals surface area contributed by atoms with Gasteiger partial charge in [0.1, 0.15) is 11.6 Å². The normalized spacial score (nSPS) is 15.2. The van der Waals surface area contributed by atoms with Gasteiger partial charge in [0.05, 0.1) is 23.5 Å². The van der Waals surface area contributed by atoms with Crippen LogP contribution in [0, 0.1) is 12.7 Å². The number of aryl methyl sites for hydroxylation is 1. The maximum Gasteiger partial charge on any atom is 0.255 e. The van der Waals surface area contributed by atoms with Gasteiger partial charge in [-0.15, -0.1) is 0 Å². The molecule has 2 aromatic carbocycles. The van der Waals surface area contributed by atoms with Crippen LogP contribution < -0.4 is 4.90 Å².